The number of nitrogens with zero attached hydrogens (tertiary/aromatic N) is 1. The number of aliphatic carboxylic acids is 1. The average Bonchev–Trinajstić information content (AvgIpc) is 2.64. The number of ketones is 1. The first-order valence-corrected chi connectivity index (χ1v) is 6.93. The molecule has 0 saturated carbocycles. The second-order valence-electron chi connectivity index (χ2n) is 4.30. The van der Waals surface area contributed by atoms with Crippen molar-refractivity contribution in [2.24, 2.45) is 7.05 Å². The number of benzene rings is 1. The molecule has 1 N–H and O–H groups in total. The minimum absolute atomic E-state index is 0.177. The topological polar surface area (TPSA) is 59.3 Å². The van der Waals surface area contributed by atoms with Crippen LogP contribution in [0.3, 0.4) is 0 Å². The van der Waals surface area contributed by atoms with Gasteiger partial charge in [0.15, 0.2) is 0 Å². The molecule has 1 heterocycles. The highest BCUT2D eigenvalue weighted by Gasteiger charge is 2.20. The van der Waals surface area contributed by atoms with E-state index in [1.54, 1.807) is 31.3 Å². The van der Waals surface area contributed by atoms with Crippen molar-refractivity contribution < 1.29 is 14.7 Å². The summed E-state index contributed by atoms with van der Waals surface area (Å²) >= 11 is 9.37. The molecule has 0 aliphatic rings. The summed E-state index contributed by atoms with van der Waals surface area (Å²) in [5, 5.41) is 9.09. The highest BCUT2D eigenvalue weighted by Crippen LogP contribution is 2.24. The Kier molecular flexibility index (Phi) is 4.30. The Balaban J connectivity index is 2.42. The molecule has 4 nitrogen and oxygen atoms in total. The van der Waals surface area contributed by atoms with E-state index in [2.05, 4.69) is 15.9 Å². The Bertz CT molecular complexity index is 676. The van der Waals surface area contributed by atoms with Gasteiger partial charge in [0.05, 0.1) is 11.4 Å². The van der Waals surface area contributed by atoms with Crippen molar-refractivity contribution in [1.29, 1.82) is 0 Å². The lowest BCUT2D eigenvalue weighted by Crippen LogP contribution is -2.11. The summed E-state index contributed by atoms with van der Waals surface area (Å²) in [5.41, 5.74) is 1.28. The van der Waals surface area contributed by atoms with Gasteiger partial charge in [-0.05, 0) is 30.3 Å². The minimum Gasteiger partial charge on any atom is -0.481 e. The van der Waals surface area contributed by atoms with Gasteiger partial charge in [-0.1, -0.05) is 27.5 Å². The van der Waals surface area contributed by atoms with E-state index in [0.29, 0.717) is 17.0 Å². The van der Waals surface area contributed by atoms with Crippen molar-refractivity contribution in [3.63, 3.8) is 0 Å². The quantitative estimate of drug-likeness (QED) is 0.855. The van der Waals surface area contributed by atoms with Crippen molar-refractivity contribution in [2.75, 3.05) is 0 Å². The van der Waals surface area contributed by atoms with Gasteiger partial charge in [-0.15, -0.1) is 0 Å². The molecule has 0 atom stereocenters. The van der Waals surface area contributed by atoms with Crippen molar-refractivity contribution in [1.82, 2.24) is 4.57 Å². The van der Waals surface area contributed by atoms with Gasteiger partial charge in [0.1, 0.15) is 5.69 Å². The van der Waals surface area contributed by atoms with E-state index in [1.165, 1.54) is 10.6 Å². The van der Waals surface area contributed by atoms with Gasteiger partial charge < -0.3 is 9.67 Å². The predicted octanol–water partition coefficient (Wildman–Crippen LogP) is 3.30. The highest BCUT2D eigenvalue weighted by molar-refractivity contribution is 9.10. The molecule has 0 bridgehead atoms. The van der Waals surface area contributed by atoms with E-state index in [4.69, 9.17) is 16.7 Å². The summed E-state index contributed by atoms with van der Waals surface area (Å²) in [5.74, 6) is -1.20. The summed E-state index contributed by atoms with van der Waals surface area (Å²) in [6.45, 7) is 0. The zero-order valence-electron chi connectivity index (χ0n) is 10.6. The molecular formula is C14H11BrClNO3. The molecule has 2 aromatic rings. The van der Waals surface area contributed by atoms with Gasteiger partial charge in [0, 0.05) is 22.8 Å². The number of aromatic nitrogens is 1. The number of rotatable bonds is 4. The van der Waals surface area contributed by atoms with Crippen molar-refractivity contribution in [3.8, 4) is 0 Å². The van der Waals surface area contributed by atoms with E-state index in [9.17, 15) is 9.59 Å². The Morgan fingerprint density at radius 3 is 2.45 bits per heavy atom. The maximum atomic E-state index is 12.4. The van der Waals surface area contributed by atoms with Gasteiger partial charge in [-0.2, -0.15) is 0 Å². The van der Waals surface area contributed by atoms with Gasteiger partial charge in [0.25, 0.3) is 0 Å². The third-order valence-corrected chi connectivity index (χ3v) is 3.76. The monoisotopic (exact) mass is 355 g/mol. The van der Waals surface area contributed by atoms with Crippen LogP contribution in [0.4, 0.5) is 0 Å². The third kappa shape index (κ3) is 2.94. The smallest absolute Gasteiger partial charge is 0.309 e. The molecule has 0 spiro atoms. The molecule has 2 rings (SSSR count). The molecule has 0 radical (unpaired) electrons. The summed E-state index contributed by atoms with van der Waals surface area (Å²) < 4.78 is 2.40. The van der Waals surface area contributed by atoms with E-state index >= 15 is 0 Å². The normalized spacial score (nSPS) is 10.6. The van der Waals surface area contributed by atoms with Crippen LogP contribution >= 0.6 is 27.5 Å². The van der Waals surface area contributed by atoms with Crippen LogP contribution in [-0.4, -0.2) is 21.4 Å². The van der Waals surface area contributed by atoms with Crippen molar-refractivity contribution in [2.45, 2.75) is 6.42 Å². The first kappa shape index (κ1) is 14.8. The van der Waals surface area contributed by atoms with Gasteiger partial charge in [-0.3, -0.25) is 9.59 Å². The van der Waals surface area contributed by atoms with Gasteiger partial charge in [0.2, 0.25) is 5.78 Å². The molecule has 0 saturated heterocycles. The van der Waals surface area contributed by atoms with Crippen molar-refractivity contribution in [3.05, 3.63) is 56.8 Å². The van der Waals surface area contributed by atoms with Crippen LogP contribution in [0.25, 0.3) is 0 Å². The maximum absolute atomic E-state index is 12.4. The van der Waals surface area contributed by atoms with Gasteiger partial charge in [-0.25, -0.2) is 0 Å². The fourth-order valence-electron chi connectivity index (χ4n) is 1.94. The molecule has 6 heteroatoms. The second kappa shape index (κ2) is 5.81. The van der Waals surface area contributed by atoms with Crippen LogP contribution in [0.1, 0.15) is 21.7 Å². The first-order valence-electron chi connectivity index (χ1n) is 5.76. The third-order valence-electron chi connectivity index (χ3n) is 2.94. The van der Waals surface area contributed by atoms with Crippen LogP contribution in [0.15, 0.2) is 34.8 Å². The van der Waals surface area contributed by atoms with E-state index in [1.807, 2.05) is 0 Å². The van der Waals surface area contributed by atoms with Crippen LogP contribution in [0.5, 0.6) is 0 Å². The van der Waals surface area contributed by atoms with E-state index < -0.39 is 5.97 Å². The molecular weight excluding hydrogens is 346 g/mol. The molecule has 0 aliphatic heterocycles. The fraction of sp³-hybridized carbons (Fsp3) is 0.143. The maximum Gasteiger partial charge on any atom is 0.309 e. The minimum atomic E-state index is -0.968. The number of hydrogen-bond acceptors (Lipinski definition) is 2. The number of carbonyl (C=O) groups excluding carboxylic acids is 1. The van der Waals surface area contributed by atoms with Gasteiger partial charge >= 0.3 is 5.97 Å². The molecule has 0 aliphatic carbocycles. The number of carboxylic acid groups (broad SMARTS) is 1. The summed E-state index contributed by atoms with van der Waals surface area (Å²) in [4.78, 5) is 23.2. The van der Waals surface area contributed by atoms with Crippen molar-refractivity contribution >= 4 is 39.3 Å². The van der Waals surface area contributed by atoms with Crippen LogP contribution in [0.2, 0.25) is 5.02 Å². The predicted molar refractivity (Wildman–Crippen MR) is 79.3 cm³/mol. The Hall–Kier alpha value is -1.59. The Morgan fingerprint density at radius 1 is 1.30 bits per heavy atom. The largest absolute Gasteiger partial charge is 0.481 e. The second-order valence-corrected chi connectivity index (χ2v) is 5.62. The number of hydrogen-bond donors (Lipinski definition) is 1. The zero-order chi connectivity index (χ0) is 14.9. The van der Waals surface area contributed by atoms with Crippen LogP contribution in [0, 0.1) is 0 Å². The highest BCUT2D eigenvalue weighted by atomic mass is 79.9. The molecule has 1 aromatic heterocycles. The number of halogens is 2. The summed E-state index contributed by atoms with van der Waals surface area (Å²) in [7, 11) is 1.64. The molecule has 20 heavy (non-hydrogen) atoms. The number of carbonyl (C=O) groups is 2. The number of carboxylic acids is 1. The average molecular weight is 357 g/mol. The fourth-order valence-corrected chi connectivity index (χ4v) is 2.54. The lowest BCUT2D eigenvalue weighted by molar-refractivity contribution is -0.136. The van der Waals surface area contributed by atoms with E-state index in [0.717, 1.165) is 4.47 Å². The Labute approximate surface area is 129 Å². The summed E-state index contributed by atoms with van der Waals surface area (Å²) in [6, 6.07) is 8.42. The Morgan fingerprint density at radius 2 is 1.90 bits per heavy atom. The zero-order valence-corrected chi connectivity index (χ0v) is 12.9. The lowest BCUT2D eigenvalue weighted by Gasteiger charge is -2.06. The molecule has 0 fully saturated rings. The van der Waals surface area contributed by atoms with Crippen LogP contribution < -0.4 is 0 Å². The SMILES string of the molecule is Cn1c(CC(=O)O)cc(Cl)c1C(=O)c1ccc(Br)cc1. The van der Waals surface area contributed by atoms with E-state index in [-0.39, 0.29) is 17.2 Å². The van der Waals surface area contributed by atoms with Crippen LogP contribution in [-0.2, 0) is 18.3 Å². The molecule has 1 aromatic carbocycles. The molecule has 0 amide bonds. The molecule has 0 unspecified atom stereocenters. The molecule has 104 valence electrons. The lowest BCUT2D eigenvalue weighted by atomic mass is 10.1. The first-order chi connectivity index (χ1) is 9.40. The standard InChI is InChI=1S/C14H11BrClNO3/c1-17-10(7-12(18)19)6-11(16)13(17)14(20)8-2-4-9(15)5-3-8/h2-6H,7H2,1H3,(H,18,19). The summed E-state index contributed by atoms with van der Waals surface area (Å²) in [6.07, 6.45) is -0.177.